The number of carbonyl (C=O) groups is 3. The van der Waals surface area contributed by atoms with Crippen molar-refractivity contribution >= 4 is 17.8 Å². The second-order valence-electron chi connectivity index (χ2n) is 6.58. The van der Waals surface area contributed by atoms with Gasteiger partial charge in [-0.2, -0.15) is 0 Å². The van der Waals surface area contributed by atoms with Gasteiger partial charge in [-0.05, 0) is 52.0 Å². The highest BCUT2D eigenvalue weighted by Gasteiger charge is 2.19. The number of benzene rings is 1. The van der Waals surface area contributed by atoms with Gasteiger partial charge in [0.05, 0.1) is 18.7 Å². The molecule has 7 nitrogen and oxygen atoms in total. The zero-order valence-electron chi connectivity index (χ0n) is 15.4. The van der Waals surface area contributed by atoms with Crippen molar-refractivity contribution in [2.24, 2.45) is 0 Å². The minimum atomic E-state index is -0.607. The zero-order valence-corrected chi connectivity index (χ0v) is 15.4. The molecule has 0 bridgehead atoms. The molecule has 0 saturated carbocycles. The highest BCUT2D eigenvalue weighted by atomic mass is 16.5. The molecule has 0 unspecified atom stereocenters. The molecule has 1 N–H and O–H groups in total. The molecule has 0 radical (unpaired) electrons. The van der Waals surface area contributed by atoms with Gasteiger partial charge in [0.15, 0.2) is 6.61 Å². The summed E-state index contributed by atoms with van der Waals surface area (Å²) in [4.78, 5) is 36.9. The van der Waals surface area contributed by atoms with E-state index in [0.29, 0.717) is 17.9 Å². The minimum Gasteiger partial charge on any atom is -0.494 e. The molecule has 0 spiro atoms. The predicted octanol–water partition coefficient (Wildman–Crippen LogP) is 1.62. The van der Waals surface area contributed by atoms with Gasteiger partial charge in [0, 0.05) is 12.6 Å². The third kappa shape index (κ3) is 7.69. The Morgan fingerprint density at radius 3 is 2.24 bits per heavy atom. The van der Waals surface area contributed by atoms with Gasteiger partial charge in [0.25, 0.3) is 5.91 Å². The largest absolute Gasteiger partial charge is 0.494 e. The van der Waals surface area contributed by atoms with Crippen molar-refractivity contribution in [3.8, 4) is 5.75 Å². The minimum absolute atomic E-state index is 0.100. The monoisotopic (exact) mass is 350 g/mol. The standard InChI is InChI=1S/C18H26N2O5/c1-6-24-14-9-7-13(8-10-14)17(23)25-12-16(22)20(5)11-15(21)19-18(2,3)4/h7-10H,6,11-12H2,1-5H3,(H,19,21). The van der Waals surface area contributed by atoms with Crippen LogP contribution in [0.4, 0.5) is 0 Å². The smallest absolute Gasteiger partial charge is 0.338 e. The first-order valence-electron chi connectivity index (χ1n) is 8.07. The summed E-state index contributed by atoms with van der Waals surface area (Å²) in [6, 6.07) is 6.45. The lowest BCUT2D eigenvalue weighted by molar-refractivity contribution is -0.137. The molecule has 25 heavy (non-hydrogen) atoms. The van der Waals surface area contributed by atoms with Gasteiger partial charge in [-0.15, -0.1) is 0 Å². The fourth-order valence-corrected chi connectivity index (χ4v) is 1.94. The van der Waals surface area contributed by atoms with Crippen LogP contribution in [0.15, 0.2) is 24.3 Å². The summed E-state index contributed by atoms with van der Waals surface area (Å²) in [7, 11) is 1.48. The Labute approximate surface area is 148 Å². The van der Waals surface area contributed by atoms with Crippen molar-refractivity contribution in [3.05, 3.63) is 29.8 Å². The van der Waals surface area contributed by atoms with Crippen LogP contribution >= 0.6 is 0 Å². The summed E-state index contributed by atoms with van der Waals surface area (Å²) in [5, 5.41) is 2.76. The van der Waals surface area contributed by atoms with Crippen LogP contribution in [0.5, 0.6) is 5.75 Å². The van der Waals surface area contributed by atoms with Crippen molar-refractivity contribution in [2.45, 2.75) is 33.2 Å². The summed E-state index contributed by atoms with van der Waals surface area (Å²) in [6.45, 7) is 7.43. The van der Waals surface area contributed by atoms with E-state index in [1.54, 1.807) is 24.3 Å². The number of nitrogens with one attached hydrogen (secondary N) is 1. The van der Waals surface area contributed by atoms with Gasteiger partial charge in [0.2, 0.25) is 5.91 Å². The Kier molecular flexibility index (Phi) is 7.42. The summed E-state index contributed by atoms with van der Waals surface area (Å²) in [5.74, 6) is -0.687. The molecule has 1 aromatic carbocycles. The molecule has 0 aliphatic rings. The highest BCUT2D eigenvalue weighted by molar-refractivity contribution is 5.92. The van der Waals surface area contributed by atoms with E-state index in [4.69, 9.17) is 9.47 Å². The third-order valence-electron chi connectivity index (χ3n) is 3.05. The van der Waals surface area contributed by atoms with Gasteiger partial charge in [0.1, 0.15) is 5.75 Å². The van der Waals surface area contributed by atoms with Crippen LogP contribution in [-0.4, -0.2) is 55.0 Å². The van der Waals surface area contributed by atoms with Crippen molar-refractivity contribution < 1.29 is 23.9 Å². The second kappa shape index (κ2) is 9.05. The maximum Gasteiger partial charge on any atom is 0.338 e. The molecule has 0 fully saturated rings. The van der Waals surface area contributed by atoms with E-state index in [9.17, 15) is 14.4 Å². The number of likely N-dealkylation sites (N-methyl/N-ethyl adjacent to an activating group) is 1. The van der Waals surface area contributed by atoms with Crippen LogP contribution in [0.2, 0.25) is 0 Å². The molecule has 0 aromatic heterocycles. The van der Waals surface area contributed by atoms with Crippen LogP contribution in [0.25, 0.3) is 0 Å². The number of ether oxygens (including phenoxy) is 2. The van der Waals surface area contributed by atoms with E-state index < -0.39 is 18.5 Å². The maximum atomic E-state index is 12.0. The normalized spacial score (nSPS) is 10.8. The van der Waals surface area contributed by atoms with Gasteiger partial charge >= 0.3 is 5.97 Å². The van der Waals surface area contributed by atoms with E-state index in [-0.39, 0.29) is 18.0 Å². The van der Waals surface area contributed by atoms with E-state index in [1.165, 1.54) is 11.9 Å². The second-order valence-corrected chi connectivity index (χ2v) is 6.58. The fourth-order valence-electron chi connectivity index (χ4n) is 1.94. The van der Waals surface area contributed by atoms with Crippen LogP contribution in [0, 0.1) is 0 Å². The zero-order chi connectivity index (χ0) is 19.0. The summed E-state index contributed by atoms with van der Waals surface area (Å²) >= 11 is 0. The highest BCUT2D eigenvalue weighted by Crippen LogP contribution is 2.12. The first-order valence-corrected chi connectivity index (χ1v) is 8.07. The SMILES string of the molecule is CCOc1ccc(C(=O)OCC(=O)N(C)CC(=O)NC(C)(C)C)cc1. The Morgan fingerprint density at radius 1 is 1.12 bits per heavy atom. The Hall–Kier alpha value is -2.57. The third-order valence-corrected chi connectivity index (χ3v) is 3.05. The Balaban J connectivity index is 2.46. The molecule has 2 amide bonds. The first kappa shape index (κ1) is 20.5. The summed E-state index contributed by atoms with van der Waals surface area (Å²) in [5.41, 5.74) is -0.0504. The fraction of sp³-hybridized carbons (Fsp3) is 0.500. The van der Waals surface area contributed by atoms with E-state index >= 15 is 0 Å². The van der Waals surface area contributed by atoms with Crippen LogP contribution in [0.1, 0.15) is 38.1 Å². The summed E-state index contributed by atoms with van der Waals surface area (Å²) < 4.78 is 10.3. The number of rotatable bonds is 7. The lowest BCUT2D eigenvalue weighted by Crippen LogP contribution is -2.46. The lowest BCUT2D eigenvalue weighted by Gasteiger charge is -2.23. The molecular weight excluding hydrogens is 324 g/mol. The molecule has 1 rings (SSSR count). The molecule has 7 heteroatoms. The predicted molar refractivity (Wildman–Crippen MR) is 93.4 cm³/mol. The van der Waals surface area contributed by atoms with E-state index in [0.717, 1.165) is 0 Å². The number of hydrogen-bond donors (Lipinski definition) is 1. The van der Waals surface area contributed by atoms with E-state index in [2.05, 4.69) is 5.32 Å². The van der Waals surface area contributed by atoms with Gasteiger partial charge in [-0.1, -0.05) is 0 Å². The van der Waals surface area contributed by atoms with Crippen LogP contribution in [-0.2, 0) is 14.3 Å². The topological polar surface area (TPSA) is 84.9 Å². The molecule has 0 aliphatic carbocycles. The number of hydrogen-bond acceptors (Lipinski definition) is 5. The lowest BCUT2D eigenvalue weighted by atomic mass is 10.1. The molecule has 138 valence electrons. The average molecular weight is 350 g/mol. The first-order chi connectivity index (χ1) is 11.6. The van der Waals surface area contributed by atoms with Crippen LogP contribution in [0.3, 0.4) is 0 Å². The molecule has 1 aromatic rings. The summed E-state index contributed by atoms with van der Waals surface area (Å²) in [6.07, 6.45) is 0. The molecule has 0 atom stereocenters. The van der Waals surface area contributed by atoms with Gasteiger partial charge in [-0.25, -0.2) is 4.79 Å². The maximum absolute atomic E-state index is 12.0. The molecule has 0 saturated heterocycles. The van der Waals surface area contributed by atoms with Crippen LogP contribution < -0.4 is 10.1 Å². The van der Waals surface area contributed by atoms with Gasteiger partial charge in [-0.3, -0.25) is 9.59 Å². The van der Waals surface area contributed by atoms with Gasteiger partial charge < -0.3 is 19.7 Å². The number of esters is 1. The van der Waals surface area contributed by atoms with Crippen molar-refractivity contribution in [2.75, 3.05) is 26.8 Å². The molecule has 0 heterocycles. The average Bonchev–Trinajstić information content (AvgIpc) is 2.51. The van der Waals surface area contributed by atoms with Crippen molar-refractivity contribution in [1.29, 1.82) is 0 Å². The van der Waals surface area contributed by atoms with E-state index in [1.807, 2.05) is 27.7 Å². The quantitative estimate of drug-likeness (QED) is 0.755. The number of amides is 2. The molecule has 0 aliphatic heterocycles. The van der Waals surface area contributed by atoms with Crippen molar-refractivity contribution in [1.82, 2.24) is 10.2 Å². The Morgan fingerprint density at radius 2 is 1.72 bits per heavy atom. The number of nitrogens with zero attached hydrogens (tertiary/aromatic N) is 1. The van der Waals surface area contributed by atoms with Crippen molar-refractivity contribution in [3.63, 3.8) is 0 Å². The molecular formula is C18H26N2O5. The Bertz CT molecular complexity index is 605. The number of carbonyl (C=O) groups excluding carboxylic acids is 3.